The van der Waals surface area contributed by atoms with Crippen LogP contribution in [0.15, 0.2) is 30.3 Å². The van der Waals surface area contributed by atoms with Gasteiger partial charge < -0.3 is 10.6 Å². The SMILES string of the molecule is NC1CCC(N2CCN(c3ccccc3)CC2)C1. The quantitative estimate of drug-likeness (QED) is 0.860. The molecule has 1 aromatic carbocycles. The average Bonchev–Trinajstić information content (AvgIpc) is 2.87. The van der Waals surface area contributed by atoms with E-state index in [9.17, 15) is 0 Å². The second kappa shape index (κ2) is 5.29. The predicted octanol–water partition coefficient (Wildman–Crippen LogP) is 1.69. The molecule has 1 aliphatic heterocycles. The molecule has 0 radical (unpaired) electrons. The lowest BCUT2D eigenvalue weighted by Crippen LogP contribution is -2.50. The second-order valence-electron chi connectivity index (χ2n) is 5.59. The zero-order chi connectivity index (χ0) is 12.4. The van der Waals surface area contributed by atoms with Gasteiger partial charge in [0.2, 0.25) is 0 Å². The fourth-order valence-corrected chi connectivity index (χ4v) is 3.31. The third kappa shape index (κ3) is 2.52. The maximum absolute atomic E-state index is 6.01. The van der Waals surface area contributed by atoms with Crippen LogP contribution in [0.4, 0.5) is 5.69 Å². The third-order valence-corrected chi connectivity index (χ3v) is 4.40. The first-order valence-electron chi connectivity index (χ1n) is 7.12. The van der Waals surface area contributed by atoms with E-state index < -0.39 is 0 Å². The Hall–Kier alpha value is -1.06. The summed E-state index contributed by atoms with van der Waals surface area (Å²) in [6.07, 6.45) is 3.71. The highest BCUT2D eigenvalue weighted by Gasteiger charge is 2.29. The monoisotopic (exact) mass is 245 g/mol. The minimum atomic E-state index is 0.446. The maximum atomic E-state index is 6.01. The van der Waals surface area contributed by atoms with E-state index in [-0.39, 0.29) is 0 Å². The normalized spacial score (nSPS) is 29.7. The summed E-state index contributed by atoms with van der Waals surface area (Å²) in [4.78, 5) is 5.14. The van der Waals surface area contributed by atoms with E-state index in [4.69, 9.17) is 5.73 Å². The fourth-order valence-electron chi connectivity index (χ4n) is 3.31. The molecular weight excluding hydrogens is 222 g/mol. The van der Waals surface area contributed by atoms with Crippen molar-refractivity contribution in [3.63, 3.8) is 0 Å². The molecule has 2 N–H and O–H groups in total. The topological polar surface area (TPSA) is 32.5 Å². The number of hydrogen-bond donors (Lipinski definition) is 1. The molecule has 98 valence electrons. The van der Waals surface area contributed by atoms with Gasteiger partial charge in [0.25, 0.3) is 0 Å². The Bertz CT molecular complexity index is 371. The minimum Gasteiger partial charge on any atom is -0.369 e. The zero-order valence-electron chi connectivity index (χ0n) is 11.0. The predicted molar refractivity (Wildman–Crippen MR) is 75.8 cm³/mol. The van der Waals surface area contributed by atoms with E-state index in [2.05, 4.69) is 40.1 Å². The van der Waals surface area contributed by atoms with Gasteiger partial charge in [0.05, 0.1) is 0 Å². The van der Waals surface area contributed by atoms with Gasteiger partial charge in [0.15, 0.2) is 0 Å². The second-order valence-corrected chi connectivity index (χ2v) is 5.59. The van der Waals surface area contributed by atoms with E-state index in [0.29, 0.717) is 6.04 Å². The lowest BCUT2D eigenvalue weighted by Gasteiger charge is -2.39. The number of nitrogens with zero attached hydrogens (tertiary/aromatic N) is 2. The Labute approximate surface area is 110 Å². The Kier molecular flexibility index (Phi) is 3.52. The van der Waals surface area contributed by atoms with Crippen LogP contribution in [0.3, 0.4) is 0 Å². The molecule has 2 aliphatic rings. The average molecular weight is 245 g/mol. The number of para-hydroxylation sites is 1. The summed E-state index contributed by atoms with van der Waals surface area (Å²) in [5.74, 6) is 0. The molecule has 0 amide bonds. The number of benzene rings is 1. The highest BCUT2D eigenvalue weighted by molar-refractivity contribution is 5.46. The smallest absolute Gasteiger partial charge is 0.0367 e. The van der Waals surface area contributed by atoms with Crippen LogP contribution in [-0.4, -0.2) is 43.2 Å². The molecule has 2 unspecified atom stereocenters. The highest BCUT2D eigenvalue weighted by Crippen LogP contribution is 2.25. The van der Waals surface area contributed by atoms with Crippen molar-refractivity contribution in [3.05, 3.63) is 30.3 Å². The molecular formula is C15H23N3. The number of anilines is 1. The van der Waals surface area contributed by atoms with Crippen molar-refractivity contribution in [1.82, 2.24) is 4.90 Å². The van der Waals surface area contributed by atoms with Gasteiger partial charge in [-0.15, -0.1) is 0 Å². The minimum absolute atomic E-state index is 0.446. The summed E-state index contributed by atoms with van der Waals surface area (Å²) < 4.78 is 0. The van der Waals surface area contributed by atoms with Crippen LogP contribution in [0.5, 0.6) is 0 Å². The molecule has 0 bridgehead atoms. The first kappa shape index (κ1) is 12.0. The number of piperazine rings is 1. The van der Waals surface area contributed by atoms with Gasteiger partial charge >= 0.3 is 0 Å². The van der Waals surface area contributed by atoms with Gasteiger partial charge in [-0.05, 0) is 31.4 Å². The Morgan fingerprint density at radius 2 is 1.67 bits per heavy atom. The van der Waals surface area contributed by atoms with Gasteiger partial charge in [0, 0.05) is 44.0 Å². The number of hydrogen-bond acceptors (Lipinski definition) is 3. The Morgan fingerprint density at radius 1 is 0.944 bits per heavy atom. The summed E-state index contributed by atoms with van der Waals surface area (Å²) in [5.41, 5.74) is 7.37. The molecule has 3 rings (SSSR count). The van der Waals surface area contributed by atoms with Crippen LogP contribution >= 0.6 is 0 Å². The van der Waals surface area contributed by atoms with Gasteiger partial charge in [-0.25, -0.2) is 0 Å². The molecule has 2 atom stereocenters. The number of rotatable bonds is 2. The maximum Gasteiger partial charge on any atom is 0.0367 e. The molecule has 1 heterocycles. The molecule has 3 nitrogen and oxygen atoms in total. The van der Waals surface area contributed by atoms with E-state index >= 15 is 0 Å². The van der Waals surface area contributed by atoms with Crippen LogP contribution in [0.25, 0.3) is 0 Å². The molecule has 1 aromatic rings. The van der Waals surface area contributed by atoms with Crippen molar-refractivity contribution in [3.8, 4) is 0 Å². The molecule has 3 heteroatoms. The lowest BCUT2D eigenvalue weighted by atomic mass is 10.1. The van der Waals surface area contributed by atoms with Gasteiger partial charge in [0.1, 0.15) is 0 Å². The summed E-state index contributed by atoms with van der Waals surface area (Å²) in [5, 5.41) is 0. The summed E-state index contributed by atoms with van der Waals surface area (Å²) >= 11 is 0. The Balaban J connectivity index is 1.55. The molecule has 1 saturated carbocycles. The molecule has 0 aromatic heterocycles. The van der Waals surface area contributed by atoms with Crippen molar-refractivity contribution in [2.45, 2.75) is 31.3 Å². The summed E-state index contributed by atoms with van der Waals surface area (Å²) in [6.45, 7) is 4.67. The third-order valence-electron chi connectivity index (χ3n) is 4.40. The van der Waals surface area contributed by atoms with Crippen molar-refractivity contribution in [2.75, 3.05) is 31.1 Å². The lowest BCUT2D eigenvalue weighted by molar-refractivity contribution is 0.186. The van der Waals surface area contributed by atoms with E-state index in [0.717, 1.165) is 19.1 Å². The van der Waals surface area contributed by atoms with Crippen molar-refractivity contribution in [1.29, 1.82) is 0 Å². The van der Waals surface area contributed by atoms with Gasteiger partial charge in [-0.1, -0.05) is 18.2 Å². The van der Waals surface area contributed by atoms with Gasteiger partial charge in [-0.3, -0.25) is 4.90 Å². The standard InChI is InChI=1S/C15H23N3/c16-13-6-7-15(12-13)18-10-8-17(9-11-18)14-4-2-1-3-5-14/h1-5,13,15H,6-12,16H2. The largest absolute Gasteiger partial charge is 0.369 e. The van der Waals surface area contributed by atoms with Crippen molar-refractivity contribution in [2.24, 2.45) is 5.73 Å². The molecule has 1 aliphatic carbocycles. The highest BCUT2D eigenvalue weighted by atomic mass is 15.3. The molecule has 0 spiro atoms. The van der Waals surface area contributed by atoms with Gasteiger partial charge in [-0.2, -0.15) is 0 Å². The van der Waals surface area contributed by atoms with Crippen molar-refractivity contribution < 1.29 is 0 Å². The van der Waals surface area contributed by atoms with Crippen molar-refractivity contribution >= 4 is 5.69 Å². The first-order valence-corrected chi connectivity index (χ1v) is 7.12. The van der Waals surface area contributed by atoms with E-state index in [1.54, 1.807) is 0 Å². The summed E-state index contributed by atoms with van der Waals surface area (Å²) in [6, 6.07) is 11.9. The fraction of sp³-hybridized carbons (Fsp3) is 0.600. The van der Waals surface area contributed by atoms with Crippen LogP contribution < -0.4 is 10.6 Å². The molecule has 1 saturated heterocycles. The molecule has 2 fully saturated rings. The van der Waals surface area contributed by atoms with Crippen LogP contribution in [-0.2, 0) is 0 Å². The van der Waals surface area contributed by atoms with Crippen LogP contribution in [0, 0.1) is 0 Å². The first-order chi connectivity index (χ1) is 8.83. The zero-order valence-corrected chi connectivity index (χ0v) is 11.0. The Morgan fingerprint density at radius 3 is 2.28 bits per heavy atom. The van der Waals surface area contributed by atoms with E-state index in [1.807, 2.05) is 0 Å². The van der Waals surface area contributed by atoms with E-state index in [1.165, 1.54) is 38.0 Å². The van der Waals surface area contributed by atoms with Crippen LogP contribution in [0.2, 0.25) is 0 Å². The van der Waals surface area contributed by atoms with Crippen LogP contribution in [0.1, 0.15) is 19.3 Å². The summed E-state index contributed by atoms with van der Waals surface area (Å²) in [7, 11) is 0. The number of nitrogens with two attached hydrogens (primary N) is 1. The molecule has 18 heavy (non-hydrogen) atoms.